The third-order valence-corrected chi connectivity index (χ3v) is 3.37. The fourth-order valence-electron chi connectivity index (χ4n) is 2.33. The molecule has 0 radical (unpaired) electrons. The van der Waals surface area contributed by atoms with E-state index in [1.165, 1.54) is 0 Å². The Morgan fingerprint density at radius 2 is 2.28 bits per heavy atom. The second-order valence-corrected chi connectivity index (χ2v) is 5.04. The summed E-state index contributed by atoms with van der Waals surface area (Å²) in [6.07, 6.45) is 3.93. The summed E-state index contributed by atoms with van der Waals surface area (Å²) in [6.45, 7) is 2.07. The van der Waals surface area contributed by atoms with Crippen molar-refractivity contribution >= 4 is 6.08 Å². The molecule has 0 amide bonds. The first-order valence-corrected chi connectivity index (χ1v) is 6.07. The van der Waals surface area contributed by atoms with Gasteiger partial charge in [0, 0.05) is 6.42 Å². The van der Waals surface area contributed by atoms with Gasteiger partial charge in [-0.1, -0.05) is 6.07 Å². The van der Waals surface area contributed by atoms with Crippen LogP contribution in [-0.2, 0) is 6.42 Å². The normalized spacial score (nSPS) is 28.9. The standard InChI is InChI=1S/C14H16O4/c1-14(8-15)5-4-11-12(18-14)3-2-9-6-10(16)7-17-13(9)11/h2-5,10,15-16H,6-8H2,1H3. The van der Waals surface area contributed by atoms with Crippen LogP contribution in [-0.4, -0.2) is 35.1 Å². The average Bonchev–Trinajstić information content (AvgIpc) is 2.38. The van der Waals surface area contributed by atoms with Gasteiger partial charge in [-0.05, 0) is 30.7 Å². The molecule has 18 heavy (non-hydrogen) atoms. The molecule has 0 aliphatic carbocycles. The first-order chi connectivity index (χ1) is 8.61. The number of benzene rings is 1. The highest BCUT2D eigenvalue weighted by atomic mass is 16.5. The van der Waals surface area contributed by atoms with Crippen LogP contribution in [0.4, 0.5) is 0 Å². The monoisotopic (exact) mass is 248 g/mol. The molecule has 2 N–H and O–H groups in total. The molecule has 0 spiro atoms. The Balaban J connectivity index is 2.04. The lowest BCUT2D eigenvalue weighted by Gasteiger charge is -2.32. The van der Waals surface area contributed by atoms with Gasteiger partial charge in [-0.25, -0.2) is 0 Å². The topological polar surface area (TPSA) is 58.9 Å². The van der Waals surface area contributed by atoms with Crippen LogP contribution in [0.25, 0.3) is 6.08 Å². The van der Waals surface area contributed by atoms with E-state index in [4.69, 9.17) is 9.47 Å². The SMILES string of the molecule is CC1(CO)C=Cc2c(ccc3c2OCC(O)C3)O1. The number of hydrogen-bond donors (Lipinski definition) is 2. The minimum absolute atomic E-state index is 0.0698. The van der Waals surface area contributed by atoms with E-state index in [0.29, 0.717) is 18.8 Å². The molecule has 1 aromatic carbocycles. The molecule has 0 saturated carbocycles. The van der Waals surface area contributed by atoms with Crippen molar-refractivity contribution in [2.24, 2.45) is 0 Å². The van der Waals surface area contributed by atoms with Crippen molar-refractivity contribution in [2.75, 3.05) is 13.2 Å². The van der Waals surface area contributed by atoms with Crippen LogP contribution in [0, 0.1) is 0 Å². The summed E-state index contributed by atoms with van der Waals surface area (Å²) in [5.41, 5.74) is 1.22. The molecule has 2 aliphatic heterocycles. The summed E-state index contributed by atoms with van der Waals surface area (Å²) in [5.74, 6) is 1.50. The summed E-state index contributed by atoms with van der Waals surface area (Å²) in [6, 6.07) is 3.78. The van der Waals surface area contributed by atoms with Crippen molar-refractivity contribution in [3.63, 3.8) is 0 Å². The summed E-state index contributed by atoms with van der Waals surface area (Å²) >= 11 is 0. The predicted octanol–water partition coefficient (Wildman–Crippen LogP) is 1.14. The molecule has 2 atom stereocenters. The predicted molar refractivity (Wildman–Crippen MR) is 66.8 cm³/mol. The Bertz CT molecular complexity index is 509. The summed E-state index contributed by atoms with van der Waals surface area (Å²) in [5, 5.41) is 18.9. The van der Waals surface area contributed by atoms with E-state index in [0.717, 1.165) is 16.9 Å². The third kappa shape index (κ3) is 1.78. The van der Waals surface area contributed by atoms with E-state index in [9.17, 15) is 10.2 Å². The van der Waals surface area contributed by atoms with Gasteiger partial charge in [-0.15, -0.1) is 0 Å². The minimum Gasteiger partial charge on any atom is -0.490 e. The van der Waals surface area contributed by atoms with Gasteiger partial charge < -0.3 is 19.7 Å². The molecule has 1 aromatic rings. The summed E-state index contributed by atoms with van der Waals surface area (Å²) < 4.78 is 11.4. The van der Waals surface area contributed by atoms with Gasteiger partial charge in [0.2, 0.25) is 0 Å². The zero-order chi connectivity index (χ0) is 12.8. The van der Waals surface area contributed by atoms with Crippen molar-refractivity contribution in [1.29, 1.82) is 0 Å². The molecule has 3 rings (SSSR count). The van der Waals surface area contributed by atoms with Gasteiger partial charge in [0.25, 0.3) is 0 Å². The Hall–Kier alpha value is -1.52. The van der Waals surface area contributed by atoms with Crippen molar-refractivity contribution < 1.29 is 19.7 Å². The van der Waals surface area contributed by atoms with Crippen molar-refractivity contribution in [3.05, 3.63) is 29.3 Å². The molecule has 0 saturated heterocycles. The van der Waals surface area contributed by atoms with Gasteiger partial charge in [-0.3, -0.25) is 0 Å². The van der Waals surface area contributed by atoms with Gasteiger partial charge in [0.15, 0.2) is 0 Å². The fourth-order valence-corrected chi connectivity index (χ4v) is 2.33. The number of hydrogen-bond acceptors (Lipinski definition) is 4. The van der Waals surface area contributed by atoms with Crippen molar-refractivity contribution in [1.82, 2.24) is 0 Å². The lowest BCUT2D eigenvalue weighted by molar-refractivity contribution is 0.0621. The maximum Gasteiger partial charge on any atom is 0.148 e. The Morgan fingerprint density at radius 1 is 1.44 bits per heavy atom. The summed E-state index contributed by atoms with van der Waals surface area (Å²) in [7, 11) is 0. The van der Waals surface area contributed by atoms with Crippen molar-refractivity contribution in [2.45, 2.75) is 25.0 Å². The summed E-state index contributed by atoms with van der Waals surface area (Å²) in [4.78, 5) is 0. The first kappa shape index (κ1) is 11.6. The number of aliphatic hydroxyl groups excluding tert-OH is 2. The second-order valence-electron chi connectivity index (χ2n) is 5.04. The maximum absolute atomic E-state index is 9.57. The largest absolute Gasteiger partial charge is 0.490 e. The molecular weight excluding hydrogens is 232 g/mol. The van der Waals surface area contributed by atoms with Crippen LogP contribution in [0.15, 0.2) is 18.2 Å². The van der Waals surface area contributed by atoms with Crippen LogP contribution in [0.2, 0.25) is 0 Å². The number of rotatable bonds is 1. The van der Waals surface area contributed by atoms with Crippen LogP contribution in [0.5, 0.6) is 11.5 Å². The molecule has 0 fully saturated rings. The van der Waals surface area contributed by atoms with Crippen LogP contribution in [0.3, 0.4) is 0 Å². The van der Waals surface area contributed by atoms with Gasteiger partial charge in [0.1, 0.15) is 23.7 Å². The number of aliphatic hydroxyl groups is 2. The molecule has 96 valence electrons. The lowest BCUT2D eigenvalue weighted by atomic mass is 9.96. The molecule has 2 heterocycles. The van der Waals surface area contributed by atoms with Gasteiger partial charge >= 0.3 is 0 Å². The van der Waals surface area contributed by atoms with E-state index in [-0.39, 0.29) is 6.61 Å². The average molecular weight is 248 g/mol. The molecule has 0 aromatic heterocycles. The van der Waals surface area contributed by atoms with E-state index in [1.807, 2.05) is 31.2 Å². The van der Waals surface area contributed by atoms with Crippen molar-refractivity contribution in [3.8, 4) is 11.5 Å². The lowest BCUT2D eigenvalue weighted by Crippen LogP contribution is -2.36. The van der Waals surface area contributed by atoms with Crippen LogP contribution in [0.1, 0.15) is 18.1 Å². The zero-order valence-electron chi connectivity index (χ0n) is 10.2. The van der Waals surface area contributed by atoms with E-state index in [2.05, 4.69) is 0 Å². The number of fused-ring (bicyclic) bond motifs is 3. The van der Waals surface area contributed by atoms with E-state index < -0.39 is 11.7 Å². The molecule has 0 bridgehead atoms. The van der Waals surface area contributed by atoms with E-state index in [1.54, 1.807) is 0 Å². The quantitative estimate of drug-likeness (QED) is 0.782. The first-order valence-electron chi connectivity index (χ1n) is 6.07. The minimum atomic E-state index is -0.671. The maximum atomic E-state index is 9.57. The highest BCUT2D eigenvalue weighted by Crippen LogP contribution is 2.40. The molecule has 4 heteroatoms. The highest BCUT2D eigenvalue weighted by molar-refractivity contribution is 5.69. The zero-order valence-corrected chi connectivity index (χ0v) is 10.2. The third-order valence-electron chi connectivity index (χ3n) is 3.37. The van der Waals surface area contributed by atoms with Crippen LogP contribution < -0.4 is 9.47 Å². The fraction of sp³-hybridized carbons (Fsp3) is 0.429. The molecule has 2 aliphatic rings. The van der Waals surface area contributed by atoms with Crippen LogP contribution >= 0.6 is 0 Å². The van der Waals surface area contributed by atoms with E-state index >= 15 is 0 Å². The smallest absolute Gasteiger partial charge is 0.148 e. The highest BCUT2D eigenvalue weighted by Gasteiger charge is 2.30. The molecule has 4 nitrogen and oxygen atoms in total. The van der Waals surface area contributed by atoms with Gasteiger partial charge in [0.05, 0.1) is 18.3 Å². The Labute approximate surface area is 105 Å². The Kier molecular flexibility index (Phi) is 2.57. The molecular formula is C14H16O4. The second kappa shape index (κ2) is 4.00. The van der Waals surface area contributed by atoms with Gasteiger partial charge in [-0.2, -0.15) is 0 Å². The molecule has 2 unspecified atom stereocenters. The number of ether oxygens (including phenoxy) is 2. The Morgan fingerprint density at radius 3 is 3.06 bits per heavy atom.